The van der Waals surface area contributed by atoms with E-state index >= 15 is 0 Å². The van der Waals surface area contributed by atoms with Crippen LogP contribution in [0.25, 0.3) is 11.4 Å². The van der Waals surface area contributed by atoms with E-state index in [1.165, 1.54) is 6.33 Å². The quantitative estimate of drug-likeness (QED) is 0.785. The topological polar surface area (TPSA) is 67.9 Å². The third-order valence-electron chi connectivity index (χ3n) is 1.95. The van der Waals surface area contributed by atoms with Crippen LogP contribution < -0.4 is 10.4 Å². The second kappa shape index (κ2) is 3.91. The zero-order valence-corrected chi connectivity index (χ0v) is 8.10. The lowest BCUT2D eigenvalue weighted by atomic mass is 10.2. The highest BCUT2D eigenvalue weighted by Crippen LogP contribution is 2.17. The van der Waals surface area contributed by atoms with Crippen molar-refractivity contribution in [2.75, 3.05) is 7.11 Å². The Morgan fingerprint density at radius 1 is 1.20 bits per heavy atom. The van der Waals surface area contributed by atoms with Crippen LogP contribution in [0, 0.1) is 0 Å². The first-order chi connectivity index (χ1) is 7.29. The SMILES string of the molecule is COc1ccc(-c2ncnc(=O)[nH]2)cc1. The number of nitrogens with one attached hydrogen (secondary N) is 1. The molecule has 0 fully saturated rings. The van der Waals surface area contributed by atoms with Crippen molar-refractivity contribution in [2.45, 2.75) is 0 Å². The molecule has 0 unspecified atom stereocenters. The Labute approximate surface area is 85.8 Å². The van der Waals surface area contributed by atoms with Gasteiger partial charge in [0.2, 0.25) is 0 Å². The number of hydrogen-bond donors (Lipinski definition) is 1. The van der Waals surface area contributed by atoms with Gasteiger partial charge >= 0.3 is 5.69 Å². The highest BCUT2D eigenvalue weighted by molar-refractivity contribution is 5.55. The van der Waals surface area contributed by atoms with Crippen molar-refractivity contribution >= 4 is 0 Å². The first kappa shape index (κ1) is 9.39. The molecule has 0 amide bonds. The second-order valence-electron chi connectivity index (χ2n) is 2.88. The van der Waals surface area contributed by atoms with Gasteiger partial charge in [0.25, 0.3) is 0 Å². The van der Waals surface area contributed by atoms with E-state index in [1.807, 2.05) is 12.1 Å². The molecule has 1 N–H and O–H groups in total. The van der Waals surface area contributed by atoms with Crippen LogP contribution in [0.15, 0.2) is 35.4 Å². The van der Waals surface area contributed by atoms with Crippen molar-refractivity contribution in [1.29, 1.82) is 0 Å². The summed E-state index contributed by atoms with van der Waals surface area (Å²) in [5.41, 5.74) is 0.408. The van der Waals surface area contributed by atoms with Crippen LogP contribution in [0.4, 0.5) is 0 Å². The Morgan fingerprint density at radius 2 is 1.93 bits per heavy atom. The van der Waals surface area contributed by atoms with Gasteiger partial charge in [-0.1, -0.05) is 0 Å². The van der Waals surface area contributed by atoms with Gasteiger partial charge in [-0.2, -0.15) is 4.98 Å². The highest BCUT2D eigenvalue weighted by Gasteiger charge is 2.00. The number of rotatable bonds is 2. The van der Waals surface area contributed by atoms with Gasteiger partial charge in [0.05, 0.1) is 7.11 Å². The first-order valence-corrected chi connectivity index (χ1v) is 4.35. The fourth-order valence-electron chi connectivity index (χ4n) is 1.20. The zero-order valence-electron chi connectivity index (χ0n) is 8.10. The lowest BCUT2D eigenvalue weighted by molar-refractivity contribution is 0.415. The smallest absolute Gasteiger partial charge is 0.348 e. The third kappa shape index (κ3) is 2.01. The molecule has 0 atom stereocenters. The van der Waals surface area contributed by atoms with Gasteiger partial charge in [-0.3, -0.25) is 4.98 Å². The molecule has 1 aromatic heterocycles. The summed E-state index contributed by atoms with van der Waals surface area (Å²) in [4.78, 5) is 20.9. The Morgan fingerprint density at radius 3 is 2.53 bits per heavy atom. The second-order valence-corrected chi connectivity index (χ2v) is 2.88. The molecule has 0 aliphatic carbocycles. The van der Waals surface area contributed by atoms with E-state index in [4.69, 9.17) is 4.74 Å². The van der Waals surface area contributed by atoms with Gasteiger partial charge in [0.1, 0.15) is 17.9 Å². The van der Waals surface area contributed by atoms with Crippen molar-refractivity contribution in [1.82, 2.24) is 15.0 Å². The molecule has 76 valence electrons. The number of methoxy groups -OCH3 is 1. The van der Waals surface area contributed by atoms with Crippen LogP contribution in [-0.2, 0) is 0 Å². The number of nitrogens with zero attached hydrogens (tertiary/aromatic N) is 2. The maximum Gasteiger partial charge on any atom is 0.348 e. The standard InChI is InChI=1S/C10H9N3O2/c1-15-8-4-2-7(3-5-8)9-11-6-12-10(14)13-9/h2-6H,1H3,(H,11,12,13,14). The number of ether oxygens (including phenoxy) is 1. The number of H-pyrrole nitrogens is 1. The molecule has 5 nitrogen and oxygen atoms in total. The molecule has 1 heterocycles. The largest absolute Gasteiger partial charge is 0.497 e. The molecular formula is C10H9N3O2. The summed E-state index contributed by atoms with van der Waals surface area (Å²) < 4.78 is 5.02. The van der Waals surface area contributed by atoms with E-state index in [2.05, 4.69) is 15.0 Å². The minimum Gasteiger partial charge on any atom is -0.497 e. The van der Waals surface area contributed by atoms with Crippen LogP contribution in [0.3, 0.4) is 0 Å². The van der Waals surface area contributed by atoms with E-state index in [0.29, 0.717) is 5.82 Å². The lowest BCUT2D eigenvalue weighted by Gasteiger charge is -2.01. The first-order valence-electron chi connectivity index (χ1n) is 4.35. The molecule has 0 saturated carbocycles. The summed E-state index contributed by atoms with van der Waals surface area (Å²) in [6, 6.07) is 7.24. The maximum absolute atomic E-state index is 11.0. The molecular weight excluding hydrogens is 194 g/mol. The van der Waals surface area contributed by atoms with E-state index in [-0.39, 0.29) is 0 Å². The summed E-state index contributed by atoms with van der Waals surface area (Å²) in [6.07, 6.45) is 1.23. The number of benzene rings is 1. The molecule has 1 aromatic carbocycles. The van der Waals surface area contributed by atoms with Gasteiger partial charge < -0.3 is 4.74 Å². The molecule has 0 aliphatic heterocycles. The minimum absolute atomic E-state index is 0.407. The lowest BCUT2D eigenvalue weighted by Crippen LogP contribution is -2.11. The van der Waals surface area contributed by atoms with Crippen LogP contribution in [-0.4, -0.2) is 22.1 Å². The molecule has 2 aromatic rings. The molecule has 2 rings (SSSR count). The predicted octanol–water partition coefficient (Wildman–Crippen LogP) is 0.840. The number of aromatic nitrogens is 3. The minimum atomic E-state index is -0.407. The monoisotopic (exact) mass is 203 g/mol. The van der Waals surface area contributed by atoms with Crippen molar-refractivity contribution in [3.05, 3.63) is 41.1 Å². The molecule has 0 spiro atoms. The third-order valence-corrected chi connectivity index (χ3v) is 1.95. The Hall–Kier alpha value is -2.17. The van der Waals surface area contributed by atoms with Crippen molar-refractivity contribution < 1.29 is 4.74 Å². The van der Waals surface area contributed by atoms with Crippen molar-refractivity contribution in [3.8, 4) is 17.1 Å². The van der Waals surface area contributed by atoms with Gasteiger partial charge in [-0.25, -0.2) is 9.78 Å². The van der Waals surface area contributed by atoms with Crippen molar-refractivity contribution in [3.63, 3.8) is 0 Å². The van der Waals surface area contributed by atoms with E-state index in [9.17, 15) is 4.79 Å². The van der Waals surface area contributed by atoms with Gasteiger partial charge in [0, 0.05) is 5.56 Å². The number of hydrogen-bond acceptors (Lipinski definition) is 4. The van der Waals surface area contributed by atoms with Gasteiger partial charge in [0.15, 0.2) is 0 Å². The summed E-state index contributed by atoms with van der Waals surface area (Å²) in [6.45, 7) is 0. The van der Waals surface area contributed by atoms with Crippen LogP contribution in [0.2, 0.25) is 0 Å². The Kier molecular flexibility index (Phi) is 2.45. The van der Waals surface area contributed by atoms with Gasteiger partial charge in [-0.15, -0.1) is 0 Å². The predicted molar refractivity (Wildman–Crippen MR) is 54.6 cm³/mol. The fourth-order valence-corrected chi connectivity index (χ4v) is 1.20. The molecule has 0 bridgehead atoms. The highest BCUT2D eigenvalue weighted by atomic mass is 16.5. The number of aromatic amines is 1. The van der Waals surface area contributed by atoms with Gasteiger partial charge in [-0.05, 0) is 24.3 Å². The normalized spacial score (nSPS) is 9.93. The summed E-state index contributed by atoms with van der Waals surface area (Å²) in [7, 11) is 1.60. The molecule has 0 radical (unpaired) electrons. The Balaban J connectivity index is 2.41. The fraction of sp³-hybridized carbons (Fsp3) is 0.100. The maximum atomic E-state index is 11.0. The van der Waals surface area contributed by atoms with Crippen LogP contribution in [0.1, 0.15) is 0 Å². The summed E-state index contributed by atoms with van der Waals surface area (Å²) in [5.74, 6) is 1.26. The van der Waals surface area contributed by atoms with Crippen LogP contribution in [0.5, 0.6) is 5.75 Å². The Bertz CT molecular complexity index is 505. The van der Waals surface area contributed by atoms with Crippen LogP contribution >= 0.6 is 0 Å². The summed E-state index contributed by atoms with van der Waals surface area (Å²) >= 11 is 0. The zero-order chi connectivity index (χ0) is 10.7. The average Bonchev–Trinajstić information content (AvgIpc) is 2.29. The summed E-state index contributed by atoms with van der Waals surface area (Å²) in [5, 5.41) is 0. The van der Waals surface area contributed by atoms with E-state index in [0.717, 1.165) is 11.3 Å². The molecule has 5 heteroatoms. The molecule has 15 heavy (non-hydrogen) atoms. The van der Waals surface area contributed by atoms with E-state index < -0.39 is 5.69 Å². The molecule has 0 saturated heterocycles. The average molecular weight is 203 g/mol. The molecule has 0 aliphatic rings. The van der Waals surface area contributed by atoms with E-state index in [1.54, 1.807) is 19.2 Å². The van der Waals surface area contributed by atoms with Crippen molar-refractivity contribution in [2.24, 2.45) is 0 Å².